The molecule has 2 aromatic rings. The van der Waals surface area contributed by atoms with Gasteiger partial charge in [-0.25, -0.2) is 0 Å². The van der Waals surface area contributed by atoms with Gasteiger partial charge in [0.1, 0.15) is 0 Å². The number of likely N-dealkylation sites (N-methyl/N-ethyl adjacent to an activating group) is 1. The Hall–Kier alpha value is -0.880. The van der Waals surface area contributed by atoms with Gasteiger partial charge in [0.25, 0.3) is 0 Å². The molecule has 6 heteroatoms. The highest BCUT2D eigenvalue weighted by Crippen LogP contribution is 2.22. The predicted octanol–water partition coefficient (Wildman–Crippen LogP) is 3.91. The molecule has 2 heterocycles. The maximum atomic E-state index is 12.0. The molecule has 0 fully saturated rings. The maximum Gasteiger partial charge on any atom is 0.234 e. The van der Waals surface area contributed by atoms with Gasteiger partial charge in [-0.2, -0.15) is 0 Å². The van der Waals surface area contributed by atoms with Gasteiger partial charge in [-0.1, -0.05) is 18.5 Å². The van der Waals surface area contributed by atoms with Crippen LogP contribution in [0.1, 0.15) is 22.2 Å². The second kappa shape index (κ2) is 7.94. The Kier molecular flexibility index (Phi) is 6.23. The summed E-state index contributed by atoms with van der Waals surface area (Å²) in [5.41, 5.74) is 1.24. The second-order valence-corrected chi connectivity index (χ2v) is 7.61. The molecule has 0 aliphatic carbocycles. The van der Waals surface area contributed by atoms with Gasteiger partial charge in [0.2, 0.25) is 5.91 Å². The smallest absolute Gasteiger partial charge is 0.234 e. The number of thiophene rings is 2. The van der Waals surface area contributed by atoms with Gasteiger partial charge in [-0.05, 0) is 42.6 Å². The van der Waals surface area contributed by atoms with Crippen molar-refractivity contribution in [1.29, 1.82) is 0 Å². The van der Waals surface area contributed by atoms with Crippen LogP contribution in [0.2, 0.25) is 4.34 Å². The Labute approximate surface area is 138 Å². The highest BCUT2D eigenvalue weighted by atomic mass is 35.5. The van der Waals surface area contributed by atoms with Crippen molar-refractivity contribution in [2.75, 3.05) is 13.1 Å². The van der Waals surface area contributed by atoms with Gasteiger partial charge in [-0.3, -0.25) is 9.69 Å². The van der Waals surface area contributed by atoms with E-state index in [2.05, 4.69) is 35.5 Å². The molecule has 0 radical (unpaired) electrons. The standard InChI is InChI=1S/C15H19ClN2OS2/c1-3-18(9-12-4-5-14(16)21-12)10-15(19)17-8-13-11(2)6-7-20-13/h4-7H,3,8-10H2,1-2H3,(H,17,19). The minimum absolute atomic E-state index is 0.0623. The molecule has 2 rings (SSSR count). The monoisotopic (exact) mass is 342 g/mol. The summed E-state index contributed by atoms with van der Waals surface area (Å²) in [5, 5.41) is 5.04. The van der Waals surface area contributed by atoms with Crippen molar-refractivity contribution in [3.63, 3.8) is 0 Å². The van der Waals surface area contributed by atoms with E-state index in [1.54, 1.807) is 22.7 Å². The van der Waals surface area contributed by atoms with Gasteiger partial charge in [-0.15, -0.1) is 22.7 Å². The molecule has 3 nitrogen and oxygen atoms in total. The van der Waals surface area contributed by atoms with Crippen molar-refractivity contribution < 1.29 is 4.79 Å². The van der Waals surface area contributed by atoms with Gasteiger partial charge in [0.15, 0.2) is 0 Å². The quantitative estimate of drug-likeness (QED) is 0.827. The molecule has 0 aromatic carbocycles. The number of halogens is 1. The first kappa shape index (κ1) is 16.5. The molecule has 0 aliphatic heterocycles. The van der Waals surface area contributed by atoms with Crippen LogP contribution < -0.4 is 5.32 Å². The lowest BCUT2D eigenvalue weighted by molar-refractivity contribution is -0.122. The van der Waals surface area contributed by atoms with Gasteiger partial charge in [0, 0.05) is 16.3 Å². The maximum absolute atomic E-state index is 12.0. The second-order valence-electron chi connectivity index (χ2n) is 4.81. The Morgan fingerprint density at radius 3 is 2.76 bits per heavy atom. The number of nitrogens with zero attached hydrogens (tertiary/aromatic N) is 1. The molecule has 0 unspecified atom stereocenters. The molecule has 0 saturated carbocycles. The van der Waals surface area contributed by atoms with Crippen molar-refractivity contribution in [2.24, 2.45) is 0 Å². The lowest BCUT2D eigenvalue weighted by Gasteiger charge is -2.18. The van der Waals surface area contributed by atoms with E-state index in [0.29, 0.717) is 13.1 Å². The minimum Gasteiger partial charge on any atom is -0.350 e. The first-order valence-electron chi connectivity index (χ1n) is 6.84. The SMILES string of the molecule is CCN(CC(=O)NCc1sccc1C)Cc1ccc(Cl)s1. The fraction of sp³-hybridized carbons (Fsp3) is 0.400. The van der Waals surface area contributed by atoms with Gasteiger partial charge in [0.05, 0.1) is 17.4 Å². The third-order valence-corrected chi connectivity index (χ3v) is 5.48. The molecule has 114 valence electrons. The fourth-order valence-corrected chi connectivity index (χ4v) is 3.94. The first-order chi connectivity index (χ1) is 10.1. The van der Waals surface area contributed by atoms with Crippen molar-refractivity contribution in [3.8, 4) is 0 Å². The molecule has 0 saturated heterocycles. The van der Waals surface area contributed by atoms with E-state index in [0.717, 1.165) is 17.4 Å². The lowest BCUT2D eigenvalue weighted by atomic mass is 10.3. The molecule has 1 N–H and O–H groups in total. The molecular formula is C15H19ClN2OS2. The number of carbonyl (C=O) groups is 1. The van der Waals surface area contributed by atoms with E-state index >= 15 is 0 Å². The van der Waals surface area contributed by atoms with Crippen LogP contribution >= 0.6 is 34.3 Å². The van der Waals surface area contributed by atoms with Crippen molar-refractivity contribution in [3.05, 3.63) is 43.2 Å². The summed E-state index contributed by atoms with van der Waals surface area (Å²) in [7, 11) is 0. The largest absolute Gasteiger partial charge is 0.350 e. The molecular weight excluding hydrogens is 324 g/mol. The van der Waals surface area contributed by atoms with E-state index in [1.165, 1.54) is 15.3 Å². The summed E-state index contributed by atoms with van der Waals surface area (Å²) in [4.78, 5) is 16.6. The van der Waals surface area contributed by atoms with Crippen LogP contribution in [-0.4, -0.2) is 23.9 Å². The first-order valence-corrected chi connectivity index (χ1v) is 8.92. The van der Waals surface area contributed by atoms with Crippen LogP contribution in [0, 0.1) is 6.92 Å². The number of carbonyl (C=O) groups excluding carboxylic acids is 1. The normalized spacial score (nSPS) is 11.0. The van der Waals surface area contributed by atoms with Gasteiger partial charge < -0.3 is 5.32 Å². The molecule has 2 aromatic heterocycles. The summed E-state index contributed by atoms with van der Waals surface area (Å²) in [5.74, 6) is 0.0623. The van der Waals surface area contributed by atoms with Gasteiger partial charge >= 0.3 is 0 Å². The van der Waals surface area contributed by atoms with E-state index in [9.17, 15) is 4.79 Å². The van der Waals surface area contributed by atoms with Crippen LogP contribution in [0.3, 0.4) is 0 Å². The number of hydrogen-bond acceptors (Lipinski definition) is 4. The van der Waals surface area contributed by atoms with Crippen molar-refractivity contribution >= 4 is 40.2 Å². The van der Waals surface area contributed by atoms with Crippen LogP contribution in [0.25, 0.3) is 0 Å². The number of hydrogen-bond donors (Lipinski definition) is 1. The number of aryl methyl sites for hydroxylation is 1. The Bertz CT molecular complexity index is 594. The molecule has 0 spiro atoms. The van der Waals surface area contributed by atoms with E-state index < -0.39 is 0 Å². The molecule has 0 atom stereocenters. The topological polar surface area (TPSA) is 32.3 Å². The Morgan fingerprint density at radius 2 is 2.19 bits per heavy atom. The van der Waals surface area contributed by atoms with E-state index in [1.807, 2.05) is 12.1 Å². The zero-order valence-corrected chi connectivity index (χ0v) is 14.6. The van der Waals surface area contributed by atoms with Crippen LogP contribution in [0.4, 0.5) is 0 Å². The fourth-order valence-electron chi connectivity index (χ4n) is 1.96. The highest BCUT2D eigenvalue weighted by molar-refractivity contribution is 7.16. The molecule has 0 aliphatic rings. The average molecular weight is 343 g/mol. The summed E-state index contributed by atoms with van der Waals surface area (Å²) < 4.78 is 0.790. The number of rotatable bonds is 7. The number of nitrogens with one attached hydrogen (secondary N) is 1. The minimum atomic E-state index is 0.0623. The summed E-state index contributed by atoms with van der Waals surface area (Å²) in [6, 6.07) is 5.99. The summed E-state index contributed by atoms with van der Waals surface area (Å²) >= 11 is 9.18. The average Bonchev–Trinajstić information content (AvgIpc) is 3.04. The zero-order valence-electron chi connectivity index (χ0n) is 12.2. The molecule has 0 bridgehead atoms. The van der Waals surface area contributed by atoms with Crippen molar-refractivity contribution in [1.82, 2.24) is 10.2 Å². The van der Waals surface area contributed by atoms with Crippen LogP contribution in [0.5, 0.6) is 0 Å². The third kappa shape index (κ3) is 5.11. The van der Waals surface area contributed by atoms with Crippen molar-refractivity contribution in [2.45, 2.75) is 26.9 Å². The van der Waals surface area contributed by atoms with E-state index in [4.69, 9.17) is 11.6 Å². The third-order valence-electron chi connectivity index (χ3n) is 3.24. The summed E-state index contributed by atoms with van der Waals surface area (Å²) in [6.07, 6.45) is 0. The lowest BCUT2D eigenvalue weighted by Crippen LogP contribution is -2.36. The Morgan fingerprint density at radius 1 is 1.38 bits per heavy atom. The number of amides is 1. The molecule has 21 heavy (non-hydrogen) atoms. The highest BCUT2D eigenvalue weighted by Gasteiger charge is 2.11. The summed E-state index contributed by atoms with van der Waals surface area (Å²) in [6.45, 7) is 6.75. The van der Waals surface area contributed by atoms with E-state index in [-0.39, 0.29) is 5.91 Å². The Balaban J connectivity index is 1.81. The predicted molar refractivity (Wildman–Crippen MR) is 91.2 cm³/mol. The zero-order chi connectivity index (χ0) is 15.2. The molecule has 1 amide bonds. The van der Waals surface area contributed by atoms with Crippen LogP contribution in [0.15, 0.2) is 23.6 Å². The van der Waals surface area contributed by atoms with Crippen LogP contribution in [-0.2, 0) is 17.9 Å².